The molecule has 0 saturated carbocycles. The lowest BCUT2D eigenvalue weighted by molar-refractivity contribution is -0.388. The van der Waals surface area contributed by atoms with E-state index in [9.17, 15) is 51.4 Å². The van der Waals surface area contributed by atoms with Crippen molar-refractivity contribution in [1.82, 2.24) is 24.6 Å². The highest BCUT2D eigenvalue weighted by Gasteiger charge is 2.36. The maximum atomic E-state index is 14.4. The zero-order valence-electron chi connectivity index (χ0n) is 39.5. The van der Waals surface area contributed by atoms with Gasteiger partial charge < -0.3 is 25.4 Å². The second-order valence-electron chi connectivity index (χ2n) is 17.8. The van der Waals surface area contributed by atoms with Gasteiger partial charge in [-0.15, -0.1) is 0 Å². The van der Waals surface area contributed by atoms with Gasteiger partial charge in [0.25, 0.3) is 11.4 Å². The third-order valence-corrected chi connectivity index (χ3v) is 13.9. The van der Waals surface area contributed by atoms with Crippen molar-refractivity contribution in [2.24, 2.45) is 0 Å². The Morgan fingerprint density at radius 3 is 1.81 bits per heavy atom. The summed E-state index contributed by atoms with van der Waals surface area (Å²) >= 11 is 0. The number of nitrogens with zero attached hydrogens (tertiary/aromatic N) is 4. The van der Waals surface area contributed by atoms with Gasteiger partial charge in [-0.1, -0.05) is 43.3 Å². The molecular formula is C45H65N7O13S2. The van der Waals surface area contributed by atoms with Crippen molar-refractivity contribution in [3.63, 3.8) is 0 Å². The Balaban J connectivity index is 1.85. The van der Waals surface area contributed by atoms with Crippen molar-refractivity contribution in [2.45, 2.75) is 133 Å². The van der Waals surface area contributed by atoms with Gasteiger partial charge in [-0.25, -0.2) is 21.6 Å². The second-order valence-corrected chi connectivity index (χ2v) is 21.6. The molecule has 0 aromatic heterocycles. The number of ether oxygens (including phenoxy) is 2. The smallest absolute Gasteiger partial charge is 0.407 e. The van der Waals surface area contributed by atoms with Gasteiger partial charge in [0, 0.05) is 63.7 Å². The number of amides is 3. The fourth-order valence-electron chi connectivity index (χ4n) is 6.80. The molecule has 0 radical (unpaired) electrons. The Morgan fingerprint density at radius 1 is 0.716 bits per heavy atom. The molecule has 0 aliphatic rings. The summed E-state index contributed by atoms with van der Waals surface area (Å²) in [6, 6.07) is 14.9. The van der Waals surface area contributed by atoms with E-state index < -0.39 is 86.3 Å². The number of alkyl carbamates (subject to hydrolysis) is 1. The first-order valence-electron chi connectivity index (χ1n) is 22.1. The van der Waals surface area contributed by atoms with Gasteiger partial charge >= 0.3 is 6.09 Å². The lowest BCUT2D eigenvalue weighted by Gasteiger charge is -2.30. The van der Waals surface area contributed by atoms with E-state index in [4.69, 9.17) is 9.47 Å². The predicted molar refractivity (Wildman–Crippen MR) is 251 cm³/mol. The molecule has 3 aromatic rings. The fourth-order valence-corrected chi connectivity index (χ4v) is 10.3. The van der Waals surface area contributed by atoms with Crippen LogP contribution in [-0.4, -0.2) is 109 Å². The number of nitro benzene ring substituents is 2. The number of para-hydroxylation sites is 2. The summed E-state index contributed by atoms with van der Waals surface area (Å²) in [7, 11) is -9.22. The number of nitrogens with one attached hydrogen (secondary N) is 3. The van der Waals surface area contributed by atoms with Crippen LogP contribution < -0.4 is 20.7 Å². The minimum Gasteiger partial charge on any atom is -0.488 e. The Morgan fingerprint density at radius 2 is 1.27 bits per heavy atom. The van der Waals surface area contributed by atoms with E-state index in [2.05, 4.69) is 16.0 Å². The molecule has 0 aliphatic carbocycles. The average Bonchev–Trinajstić information content (AvgIpc) is 3.23. The number of hydrogen-bond acceptors (Lipinski definition) is 13. The van der Waals surface area contributed by atoms with Crippen LogP contribution in [0.1, 0.15) is 99.5 Å². The highest BCUT2D eigenvalue weighted by Crippen LogP contribution is 2.30. The number of benzene rings is 3. The molecule has 3 aromatic carbocycles. The minimum absolute atomic E-state index is 0.0336. The van der Waals surface area contributed by atoms with Crippen LogP contribution in [0.4, 0.5) is 16.2 Å². The number of carbonyl (C=O) groups is 3. The van der Waals surface area contributed by atoms with Crippen LogP contribution in [0.3, 0.4) is 0 Å². The zero-order valence-corrected chi connectivity index (χ0v) is 41.1. The molecule has 3 amide bonds. The molecule has 20 nitrogen and oxygen atoms in total. The maximum absolute atomic E-state index is 14.4. The largest absolute Gasteiger partial charge is 0.488 e. The quantitative estimate of drug-likeness (QED) is 0.0442. The number of hydrogen-bond donors (Lipinski definition) is 3. The third-order valence-electron chi connectivity index (χ3n) is 9.89. The van der Waals surface area contributed by atoms with Crippen LogP contribution in [0.15, 0.2) is 82.6 Å². The monoisotopic (exact) mass is 975 g/mol. The Labute approximate surface area is 393 Å². The van der Waals surface area contributed by atoms with Crippen LogP contribution >= 0.6 is 0 Å². The van der Waals surface area contributed by atoms with Crippen molar-refractivity contribution in [1.29, 1.82) is 0 Å². The molecule has 0 spiro atoms. The van der Waals surface area contributed by atoms with Gasteiger partial charge in [-0.3, -0.25) is 29.8 Å². The summed E-state index contributed by atoms with van der Waals surface area (Å²) in [6.45, 7) is 13.4. The summed E-state index contributed by atoms with van der Waals surface area (Å²) < 4.78 is 70.2. The average molecular weight is 976 g/mol. The first kappa shape index (κ1) is 55.6. The van der Waals surface area contributed by atoms with E-state index in [1.165, 1.54) is 31.2 Å². The minimum atomic E-state index is -4.63. The highest BCUT2D eigenvalue weighted by molar-refractivity contribution is 7.89. The standard InChI is InChI=1S/C45H65N7O13S2/c1-9-17-41(53)48-36(32-34-22-24-35(25-23-34)64-44(3,4)5)42(54)46-27-14-15-30-50(67(62,63)40-21-13-11-19-38(40)52(58)59)33(2)26-31-49(29-16-28-47-43(55)65-45(6,7)8)66(60,61)39-20-12-10-18-37(39)51(56)57/h10-13,18-25,33,36H,9,14-17,26-32H2,1-8H3,(H,46,54)(H,47,55)(H,48,53). The van der Waals surface area contributed by atoms with Crippen LogP contribution in [0.5, 0.6) is 5.75 Å². The molecule has 22 heteroatoms. The molecule has 0 heterocycles. The molecule has 3 N–H and O–H groups in total. The molecule has 370 valence electrons. The van der Waals surface area contributed by atoms with Gasteiger partial charge in [0.2, 0.25) is 31.9 Å². The van der Waals surface area contributed by atoms with E-state index in [1.54, 1.807) is 32.9 Å². The molecule has 0 aliphatic heterocycles. The summed E-state index contributed by atoms with van der Waals surface area (Å²) in [5.74, 6) is -0.116. The first-order valence-corrected chi connectivity index (χ1v) is 25.0. The van der Waals surface area contributed by atoms with Gasteiger partial charge in [-0.2, -0.15) is 8.61 Å². The van der Waals surface area contributed by atoms with Crippen molar-refractivity contribution >= 4 is 49.3 Å². The SMILES string of the molecule is CCCC(=O)NC(Cc1ccc(OC(C)(C)C)cc1)C(=O)NCCCCN(C(C)CCN(CCCNC(=O)OC(C)(C)C)S(=O)(=O)c1ccccc1[N+](=O)[O-])S(=O)(=O)c1ccccc1[N+](=O)[O-]. The second kappa shape index (κ2) is 24.9. The van der Waals surface area contributed by atoms with E-state index >= 15 is 0 Å². The number of sulfonamides is 2. The molecule has 0 fully saturated rings. The van der Waals surface area contributed by atoms with E-state index in [-0.39, 0.29) is 77.2 Å². The number of nitro groups is 2. The van der Waals surface area contributed by atoms with E-state index in [0.717, 1.165) is 38.4 Å². The van der Waals surface area contributed by atoms with Crippen molar-refractivity contribution in [3.05, 3.63) is 98.6 Å². The van der Waals surface area contributed by atoms with Crippen LogP contribution in [0.25, 0.3) is 0 Å². The van der Waals surface area contributed by atoms with Gasteiger partial charge in [-0.05, 0) is 110 Å². The number of unbranched alkanes of at least 4 members (excludes halogenated alkanes) is 1. The number of carbonyl (C=O) groups excluding carboxylic acids is 3. The Hall–Kier alpha value is -5.71. The highest BCUT2D eigenvalue weighted by atomic mass is 32.2. The molecule has 67 heavy (non-hydrogen) atoms. The zero-order chi connectivity index (χ0) is 50.2. The molecule has 2 atom stereocenters. The van der Waals surface area contributed by atoms with E-state index in [0.29, 0.717) is 12.2 Å². The van der Waals surface area contributed by atoms with Crippen molar-refractivity contribution in [3.8, 4) is 5.75 Å². The van der Waals surface area contributed by atoms with E-state index in [1.807, 2.05) is 39.8 Å². The Kier molecular flexibility index (Phi) is 20.7. The van der Waals surface area contributed by atoms with Crippen LogP contribution in [0, 0.1) is 20.2 Å². The van der Waals surface area contributed by atoms with Crippen molar-refractivity contribution < 1.29 is 50.5 Å². The third kappa shape index (κ3) is 17.8. The van der Waals surface area contributed by atoms with Gasteiger partial charge in [0.05, 0.1) is 9.85 Å². The summed E-state index contributed by atoms with van der Waals surface area (Å²) in [4.78, 5) is 59.6. The normalized spacial score (nSPS) is 13.1. The number of rotatable bonds is 26. The molecule has 0 bridgehead atoms. The fraction of sp³-hybridized carbons (Fsp3) is 0.533. The molecule has 0 saturated heterocycles. The maximum Gasteiger partial charge on any atom is 0.407 e. The van der Waals surface area contributed by atoms with Crippen molar-refractivity contribution in [2.75, 3.05) is 32.7 Å². The summed E-state index contributed by atoms with van der Waals surface area (Å²) in [6.07, 6.45) is 0.473. The summed E-state index contributed by atoms with van der Waals surface area (Å²) in [5, 5.41) is 32.1. The topological polar surface area (TPSA) is 267 Å². The summed E-state index contributed by atoms with van der Waals surface area (Å²) in [5.41, 5.74) is -1.78. The van der Waals surface area contributed by atoms with Crippen LogP contribution in [-0.2, 0) is 40.8 Å². The Bertz CT molecular complexity index is 2390. The van der Waals surface area contributed by atoms with Gasteiger partial charge in [0.1, 0.15) is 23.0 Å². The molecular weight excluding hydrogens is 911 g/mol. The molecule has 2 unspecified atom stereocenters. The first-order chi connectivity index (χ1) is 31.3. The lowest BCUT2D eigenvalue weighted by atomic mass is 10.0. The van der Waals surface area contributed by atoms with Crippen LogP contribution in [0.2, 0.25) is 0 Å². The lowest BCUT2D eigenvalue weighted by Crippen LogP contribution is -2.48. The predicted octanol–water partition coefficient (Wildman–Crippen LogP) is 6.48. The molecule has 3 rings (SSSR count). The van der Waals surface area contributed by atoms with Gasteiger partial charge in [0.15, 0.2) is 9.79 Å².